The Kier molecular flexibility index (Phi) is 9.20. The minimum Gasteiger partial charge on any atom is -0.494 e. The number of amides is 3. The van der Waals surface area contributed by atoms with E-state index in [1.807, 2.05) is 87.5 Å². The predicted octanol–water partition coefficient (Wildman–Crippen LogP) is 5.51. The van der Waals surface area contributed by atoms with Crippen LogP contribution in [0.1, 0.15) is 40.0 Å². The molecule has 3 saturated heterocycles. The van der Waals surface area contributed by atoms with E-state index in [9.17, 15) is 14.7 Å². The van der Waals surface area contributed by atoms with Crippen LogP contribution < -0.4 is 14.5 Å². The van der Waals surface area contributed by atoms with Crippen LogP contribution >= 0.6 is 0 Å². The highest BCUT2D eigenvalue weighted by molar-refractivity contribution is 6.07. The van der Waals surface area contributed by atoms with Gasteiger partial charge in [0.25, 0.3) is 5.91 Å². The van der Waals surface area contributed by atoms with Crippen LogP contribution in [0.2, 0.25) is 0 Å². The van der Waals surface area contributed by atoms with Crippen molar-refractivity contribution < 1.29 is 29.0 Å². The molecule has 9 heteroatoms. The van der Waals surface area contributed by atoms with Gasteiger partial charge in [0.2, 0.25) is 11.8 Å². The Balaban J connectivity index is 1.43. The third kappa shape index (κ3) is 5.29. The van der Waals surface area contributed by atoms with Gasteiger partial charge in [0.1, 0.15) is 17.4 Å². The van der Waals surface area contributed by atoms with Gasteiger partial charge in [0, 0.05) is 24.5 Å². The van der Waals surface area contributed by atoms with Crippen molar-refractivity contribution in [1.82, 2.24) is 4.90 Å². The highest BCUT2D eigenvalue weighted by Crippen LogP contribution is 2.64. The maximum absolute atomic E-state index is 15.0. The number of ether oxygens (including phenoxy) is 2. The quantitative estimate of drug-likeness (QED) is 0.245. The zero-order valence-corrected chi connectivity index (χ0v) is 28.0. The van der Waals surface area contributed by atoms with E-state index in [1.54, 1.807) is 22.0 Å². The third-order valence-corrected chi connectivity index (χ3v) is 10.4. The first-order chi connectivity index (χ1) is 23.2. The zero-order valence-electron chi connectivity index (χ0n) is 28.0. The van der Waals surface area contributed by atoms with Gasteiger partial charge >= 0.3 is 0 Å². The average Bonchev–Trinajstić information content (AvgIpc) is 3.67. The van der Waals surface area contributed by atoms with Gasteiger partial charge in [-0.05, 0) is 80.3 Å². The van der Waals surface area contributed by atoms with E-state index in [4.69, 9.17) is 9.47 Å². The summed E-state index contributed by atoms with van der Waals surface area (Å²) in [6.45, 7) is 14.1. The first-order valence-electron chi connectivity index (χ1n) is 16.9. The molecule has 0 aromatic heterocycles. The predicted molar refractivity (Wildman–Crippen MR) is 187 cm³/mol. The Labute approximate surface area is 282 Å². The Hall–Kier alpha value is -4.47. The highest BCUT2D eigenvalue weighted by Gasteiger charge is 2.79. The molecular formula is C39H45N3O6. The molecule has 0 radical (unpaired) electrons. The fourth-order valence-electron chi connectivity index (χ4n) is 8.28. The van der Waals surface area contributed by atoms with Crippen molar-refractivity contribution in [1.29, 1.82) is 0 Å². The summed E-state index contributed by atoms with van der Waals surface area (Å²) >= 11 is 0. The lowest BCUT2D eigenvalue weighted by molar-refractivity contribution is -0.148. The number of rotatable bonds is 13. The van der Waals surface area contributed by atoms with Crippen LogP contribution in [0, 0.1) is 11.8 Å². The summed E-state index contributed by atoms with van der Waals surface area (Å²) in [7, 11) is 0. The average molecular weight is 652 g/mol. The number of carbonyl (C=O) groups excluding carboxylic acids is 3. The van der Waals surface area contributed by atoms with E-state index in [2.05, 4.69) is 13.2 Å². The molecule has 2 unspecified atom stereocenters. The van der Waals surface area contributed by atoms with Crippen molar-refractivity contribution in [2.24, 2.45) is 11.8 Å². The molecule has 0 aliphatic carbocycles. The fraction of sp³-hybridized carbons (Fsp3) is 0.410. The first kappa shape index (κ1) is 33.4. The van der Waals surface area contributed by atoms with Gasteiger partial charge in [0.05, 0.1) is 36.7 Å². The molecular weight excluding hydrogens is 606 g/mol. The summed E-state index contributed by atoms with van der Waals surface area (Å²) in [6, 6.07) is 19.3. The van der Waals surface area contributed by atoms with Crippen molar-refractivity contribution in [3.63, 3.8) is 0 Å². The third-order valence-electron chi connectivity index (χ3n) is 10.4. The van der Waals surface area contributed by atoms with Crippen molar-refractivity contribution in [3.05, 3.63) is 92.0 Å². The molecule has 3 amide bonds. The molecule has 6 rings (SSSR count). The molecule has 1 spiro atoms. The molecule has 1 N–H and O–H groups in total. The van der Waals surface area contributed by atoms with Crippen LogP contribution in [0.4, 0.5) is 11.4 Å². The standard InChI is InChI=1S/C39H45N3O6/c1-6-22-40(29-16-18-31(19-17-29)47-9-4)35(44)32-33-36(45)42(28(8-3)25-43)34(39(33)21-20-38(32,5)48-39)37(46)41(23-7-2)30-15-14-26-12-10-11-13-27(26)24-30/h6-7,10-19,24,28,32-34,43H,1-2,8-9,20-23,25H2,3-5H3/t28-,32-,33-,34?,38+,39?/m0/s1. The molecule has 3 aromatic rings. The molecule has 252 valence electrons. The number of likely N-dealkylation sites (tertiary alicyclic amines) is 1. The monoisotopic (exact) mass is 651 g/mol. The normalized spacial score (nSPS) is 26.3. The number of hydrogen-bond donors (Lipinski definition) is 1. The van der Waals surface area contributed by atoms with E-state index in [0.717, 1.165) is 10.8 Å². The van der Waals surface area contributed by atoms with Gasteiger partial charge in [-0.1, -0.05) is 49.4 Å². The van der Waals surface area contributed by atoms with Gasteiger partial charge in [-0.15, -0.1) is 13.2 Å². The number of anilines is 2. The van der Waals surface area contributed by atoms with Crippen molar-refractivity contribution in [2.45, 2.75) is 63.3 Å². The number of carbonyl (C=O) groups is 3. The lowest BCUT2D eigenvalue weighted by atomic mass is 9.66. The molecule has 3 aliphatic rings. The SMILES string of the molecule is C=CCN(C(=O)C1N([C@@H](CC)CO)C(=O)[C@@H]2[C@@H](C(=O)N(CC=C)c3ccc(OCC)cc3)[C@@]3(C)CCC12O3)c1ccc2ccccc2c1. The van der Waals surface area contributed by atoms with Gasteiger partial charge < -0.3 is 29.3 Å². The number of nitrogens with zero attached hydrogens (tertiary/aromatic N) is 3. The van der Waals surface area contributed by atoms with Crippen LogP contribution in [0.3, 0.4) is 0 Å². The second kappa shape index (κ2) is 13.2. The van der Waals surface area contributed by atoms with E-state index in [-0.39, 0.29) is 37.4 Å². The van der Waals surface area contributed by atoms with Crippen molar-refractivity contribution in [3.8, 4) is 5.75 Å². The molecule has 3 aliphatic heterocycles. The topological polar surface area (TPSA) is 99.6 Å². The zero-order chi connectivity index (χ0) is 34.2. The van der Waals surface area contributed by atoms with E-state index in [0.29, 0.717) is 43.0 Å². The Bertz CT molecular complexity index is 1720. The summed E-state index contributed by atoms with van der Waals surface area (Å²) in [4.78, 5) is 49.3. The summed E-state index contributed by atoms with van der Waals surface area (Å²) < 4.78 is 12.5. The highest BCUT2D eigenvalue weighted by atomic mass is 16.5. The summed E-state index contributed by atoms with van der Waals surface area (Å²) in [5.74, 6) is -1.98. The molecule has 48 heavy (non-hydrogen) atoms. The second-order valence-electron chi connectivity index (χ2n) is 13.2. The molecule has 3 fully saturated rings. The summed E-state index contributed by atoms with van der Waals surface area (Å²) in [5.41, 5.74) is -0.906. The van der Waals surface area contributed by atoms with Crippen LogP contribution in [0.5, 0.6) is 5.75 Å². The Morgan fingerprint density at radius 2 is 1.62 bits per heavy atom. The van der Waals surface area contributed by atoms with Gasteiger partial charge in [0.15, 0.2) is 0 Å². The smallest absolute Gasteiger partial charge is 0.253 e. The Morgan fingerprint density at radius 3 is 2.25 bits per heavy atom. The molecule has 3 heterocycles. The van der Waals surface area contributed by atoms with Crippen LogP contribution in [0.25, 0.3) is 10.8 Å². The molecule has 3 aromatic carbocycles. The molecule has 9 nitrogen and oxygen atoms in total. The minimum absolute atomic E-state index is 0.205. The van der Waals surface area contributed by atoms with E-state index < -0.39 is 35.1 Å². The number of benzene rings is 3. The fourth-order valence-corrected chi connectivity index (χ4v) is 8.28. The number of hydrogen-bond acceptors (Lipinski definition) is 6. The Morgan fingerprint density at radius 1 is 0.979 bits per heavy atom. The number of aliphatic hydroxyl groups excluding tert-OH is 1. The van der Waals surface area contributed by atoms with Gasteiger partial charge in [-0.2, -0.15) is 0 Å². The summed E-state index contributed by atoms with van der Waals surface area (Å²) in [6.07, 6.45) is 4.69. The van der Waals surface area contributed by atoms with Gasteiger partial charge in [-0.25, -0.2) is 0 Å². The lowest BCUT2D eigenvalue weighted by Gasteiger charge is -2.39. The largest absolute Gasteiger partial charge is 0.494 e. The number of fused-ring (bicyclic) bond motifs is 2. The maximum Gasteiger partial charge on any atom is 0.253 e. The molecule has 2 bridgehead atoms. The van der Waals surface area contributed by atoms with Crippen LogP contribution in [-0.2, 0) is 19.1 Å². The van der Waals surface area contributed by atoms with Crippen molar-refractivity contribution >= 4 is 39.9 Å². The van der Waals surface area contributed by atoms with Crippen LogP contribution in [-0.4, -0.2) is 77.3 Å². The van der Waals surface area contributed by atoms with E-state index in [1.165, 1.54) is 4.90 Å². The maximum atomic E-state index is 15.0. The van der Waals surface area contributed by atoms with Gasteiger partial charge in [-0.3, -0.25) is 14.4 Å². The number of aliphatic hydroxyl groups is 1. The van der Waals surface area contributed by atoms with Crippen LogP contribution in [0.15, 0.2) is 92.0 Å². The minimum atomic E-state index is -1.25. The molecule has 6 atom stereocenters. The molecule has 0 saturated carbocycles. The second-order valence-corrected chi connectivity index (χ2v) is 13.2. The lowest BCUT2D eigenvalue weighted by Crippen LogP contribution is -2.59. The van der Waals surface area contributed by atoms with E-state index >= 15 is 4.79 Å². The van der Waals surface area contributed by atoms with Crippen molar-refractivity contribution in [2.75, 3.05) is 36.1 Å². The summed E-state index contributed by atoms with van der Waals surface area (Å²) in [5, 5.41) is 12.5. The first-order valence-corrected chi connectivity index (χ1v) is 16.9.